The third kappa shape index (κ3) is 1.60. The van der Waals surface area contributed by atoms with Crippen molar-refractivity contribution in [3.8, 4) is 0 Å². The number of hydrogen-bond donors (Lipinski definition) is 3. The molecule has 1 aromatic rings. The molecule has 0 saturated heterocycles. The number of nitrogens with zero attached hydrogens (tertiary/aromatic N) is 1. The number of aromatic nitrogens is 1. The summed E-state index contributed by atoms with van der Waals surface area (Å²) >= 11 is 0. The average Bonchev–Trinajstić information content (AvgIpc) is 2.07. The number of nitrogen functional groups attached to an aromatic ring is 1. The lowest BCUT2D eigenvalue weighted by atomic mass is 10.1. The lowest BCUT2D eigenvalue weighted by Crippen LogP contribution is -1.93. The Morgan fingerprint density at radius 1 is 1.50 bits per heavy atom. The van der Waals surface area contributed by atoms with Gasteiger partial charge in [0.1, 0.15) is 0 Å². The van der Waals surface area contributed by atoms with Gasteiger partial charge in [-0.3, -0.25) is 4.98 Å². The predicted octanol–water partition coefficient (Wildman–Crippen LogP) is 0.613. The highest BCUT2D eigenvalue weighted by molar-refractivity contribution is 6.08. The molecular weight excluding hydrogens is 152 g/mol. The van der Waals surface area contributed by atoms with Crippen LogP contribution in [0.2, 0.25) is 0 Å². The van der Waals surface area contributed by atoms with Gasteiger partial charge in [0.2, 0.25) is 0 Å². The molecule has 5 N–H and O–H groups in total. The number of rotatable bonds is 2. The van der Waals surface area contributed by atoms with Gasteiger partial charge in [-0.05, 0) is 6.07 Å². The minimum atomic E-state index is 0.564. The number of pyridine rings is 1. The van der Waals surface area contributed by atoms with Crippen LogP contribution in [0, 0.1) is 5.41 Å². The lowest BCUT2D eigenvalue weighted by molar-refractivity contribution is 1.31. The third-order valence-electron chi connectivity index (χ3n) is 1.43. The summed E-state index contributed by atoms with van der Waals surface area (Å²) in [7, 11) is 0. The fourth-order valence-electron chi connectivity index (χ4n) is 0.843. The molecular formula is C8H10N4. The molecule has 1 rings (SSSR count). The van der Waals surface area contributed by atoms with Crippen molar-refractivity contribution < 1.29 is 0 Å². The van der Waals surface area contributed by atoms with E-state index in [-0.39, 0.29) is 0 Å². The number of nitrogens with one attached hydrogen (secondary N) is 1. The second-order valence-electron chi connectivity index (χ2n) is 2.27. The van der Waals surface area contributed by atoms with E-state index < -0.39 is 0 Å². The van der Waals surface area contributed by atoms with Gasteiger partial charge in [-0.25, -0.2) is 0 Å². The third-order valence-corrected chi connectivity index (χ3v) is 1.43. The SMILES string of the molecule is N=CC(=CN)c1cncc(N)c1. The van der Waals surface area contributed by atoms with E-state index in [4.69, 9.17) is 16.9 Å². The predicted molar refractivity (Wildman–Crippen MR) is 49.6 cm³/mol. The molecule has 12 heavy (non-hydrogen) atoms. The Bertz CT molecular complexity index is 317. The highest BCUT2D eigenvalue weighted by Crippen LogP contribution is 2.11. The van der Waals surface area contributed by atoms with Crippen molar-refractivity contribution in [1.82, 2.24) is 4.98 Å². The van der Waals surface area contributed by atoms with Gasteiger partial charge in [0, 0.05) is 35.9 Å². The maximum atomic E-state index is 7.03. The number of allylic oxidation sites excluding steroid dienone is 1. The number of nitrogens with two attached hydrogens (primary N) is 2. The van der Waals surface area contributed by atoms with Gasteiger partial charge >= 0.3 is 0 Å². The Morgan fingerprint density at radius 3 is 2.75 bits per heavy atom. The zero-order chi connectivity index (χ0) is 8.97. The Morgan fingerprint density at radius 2 is 2.25 bits per heavy atom. The summed E-state index contributed by atoms with van der Waals surface area (Å²) in [5.41, 5.74) is 12.7. The quantitative estimate of drug-likeness (QED) is 0.557. The zero-order valence-electron chi connectivity index (χ0n) is 6.49. The van der Waals surface area contributed by atoms with Gasteiger partial charge in [-0.15, -0.1) is 0 Å². The number of anilines is 1. The minimum absolute atomic E-state index is 0.564. The first kappa shape index (κ1) is 8.26. The summed E-state index contributed by atoms with van der Waals surface area (Å²) in [4.78, 5) is 3.88. The Labute approximate surface area is 70.4 Å². The minimum Gasteiger partial charge on any atom is -0.404 e. The molecule has 0 atom stereocenters. The molecule has 4 heteroatoms. The molecule has 0 radical (unpaired) electrons. The molecule has 0 saturated carbocycles. The number of hydrogen-bond acceptors (Lipinski definition) is 4. The fraction of sp³-hybridized carbons (Fsp3) is 0. The Balaban J connectivity index is 3.10. The van der Waals surface area contributed by atoms with Crippen LogP contribution in [-0.4, -0.2) is 11.2 Å². The molecule has 0 fully saturated rings. The van der Waals surface area contributed by atoms with E-state index in [9.17, 15) is 0 Å². The molecule has 0 amide bonds. The fourth-order valence-corrected chi connectivity index (χ4v) is 0.843. The largest absolute Gasteiger partial charge is 0.404 e. The molecule has 62 valence electrons. The Kier molecular flexibility index (Phi) is 2.42. The van der Waals surface area contributed by atoms with Crippen LogP contribution in [0.5, 0.6) is 0 Å². The summed E-state index contributed by atoms with van der Waals surface area (Å²) in [5.74, 6) is 0. The molecule has 0 aliphatic carbocycles. The molecule has 0 aliphatic rings. The van der Waals surface area contributed by atoms with Crippen LogP contribution < -0.4 is 11.5 Å². The molecule has 1 heterocycles. The van der Waals surface area contributed by atoms with Crippen LogP contribution in [-0.2, 0) is 0 Å². The maximum absolute atomic E-state index is 7.03. The standard InChI is InChI=1S/C8H10N4/c9-2-7(3-10)6-1-8(11)5-12-4-6/h1-5,9H,10-11H2. The van der Waals surface area contributed by atoms with Crippen molar-refractivity contribution in [3.05, 3.63) is 30.2 Å². The van der Waals surface area contributed by atoms with E-state index in [0.29, 0.717) is 11.3 Å². The van der Waals surface area contributed by atoms with Crippen molar-refractivity contribution in [2.24, 2.45) is 5.73 Å². The molecule has 0 bridgehead atoms. The van der Waals surface area contributed by atoms with E-state index >= 15 is 0 Å². The van der Waals surface area contributed by atoms with Crippen LogP contribution in [0.25, 0.3) is 5.57 Å². The van der Waals surface area contributed by atoms with Gasteiger partial charge < -0.3 is 16.9 Å². The Hall–Kier alpha value is -1.84. The van der Waals surface area contributed by atoms with Gasteiger partial charge in [0.15, 0.2) is 0 Å². The molecule has 4 nitrogen and oxygen atoms in total. The highest BCUT2D eigenvalue weighted by atomic mass is 14.7. The van der Waals surface area contributed by atoms with Gasteiger partial charge in [0.25, 0.3) is 0 Å². The van der Waals surface area contributed by atoms with Crippen molar-refractivity contribution >= 4 is 17.5 Å². The van der Waals surface area contributed by atoms with Crippen LogP contribution >= 0.6 is 0 Å². The van der Waals surface area contributed by atoms with Crippen LogP contribution in [0.4, 0.5) is 5.69 Å². The van der Waals surface area contributed by atoms with Crippen molar-refractivity contribution in [1.29, 1.82) is 5.41 Å². The topological polar surface area (TPSA) is 88.8 Å². The molecule has 1 aromatic heterocycles. The summed E-state index contributed by atoms with van der Waals surface area (Å²) in [6.07, 6.45) is 5.67. The second kappa shape index (κ2) is 3.52. The van der Waals surface area contributed by atoms with E-state index in [2.05, 4.69) is 4.98 Å². The first-order valence-electron chi connectivity index (χ1n) is 3.41. The molecule has 0 aromatic carbocycles. The molecule has 0 unspecified atom stereocenters. The summed E-state index contributed by atoms with van der Waals surface area (Å²) < 4.78 is 0. The van der Waals surface area contributed by atoms with Gasteiger partial charge in [-0.2, -0.15) is 0 Å². The van der Waals surface area contributed by atoms with Gasteiger partial charge in [0.05, 0.1) is 5.69 Å². The van der Waals surface area contributed by atoms with E-state index in [1.54, 1.807) is 18.5 Å². The van der Waals surface area contributed by atoms with Crippen LogP contribution in [0.1, 0.15) is 5.56 Å². The maximum Gasteiger partial charge on any atom is 0.0506 e. The van der Waals surface area contributed by atoms with Crippen LogP contribution in [0.15, 0.2) is 24.7 Å². The highest BCUT2D eigenvalue weighted by Gasteiger charge is 1.97. The molecule has 0 aliphatic heterocycles. The zero-order valence-corrected chi connectivity index (χ0v) is 6.49. The van der Waals surface area contributed by atoms with Crippen LogP contribution in [0.3, 0.4) is 0 Å². The van der Waals surface area contributed by atoms with Crippen molar-refractivity contribution in [2.45, 2.75) is 0 Å². The second-order valence-corrected chi connectivity index (χ2v) is 2.27. The van der Waals surface area contributed by atoms with Crippen molar-refractivity contribution in [3.63, 3.8) is 0 Å². The summed E-state index contributed by atoms with van der Waals surface area (Å²) in [6, 6.07) is 1.72. The first-order chi connectivity index (χ1) is 5.77. The monoisotopic (exact) mass is 162 g/mol. The smallest absolute Gasteiger partial charge is 0.0506 e. The average molecular weight is 162 g/mol. The van der Waals surface area contributed by atoms with E-state index in [1.165, 1.54) is 6.20 Å². The van der Waals surface area contributed by atoms with Gasteiger partial charge in [-0.1, -0.05) is 0 Å². The first-order valence-corrected chi connectivity index (χ1v) is 3.41. The van der Waals surface area contributed by atoms with E-state index in [1.807, 2.05) is 0 Å². The molecule has 0 spiro atoms. The van der Waals surface area contributed by atoms with E-state index in [0.717, 1.165) is 11.8 Å². The lowest BCUT2D eigenvalue weighted by Gasteiger charge is -1.99. The summed E-state index contributed by atoms with van der Waals surface area (Å²) in [5, 5.41) is 7.03. The summed E-state index contributed by atoms with van der Waals surface area (Å²) in [6.45, 7) is 0. The van der Waals surface area contributed by atoms with Crippen molar-refractivity contribution in [2.75, 3.05) is 5.73 Å². The normalized spacial score (nSPS) is 11.2.